The van der Waals surface area contributed by atoms with Gasteiger partial charge in [-0.15, -0.1) is 11.6 Å². The van der Waals surface area contributed by atoms with Crippen LogP contribution in [0.3, 0.4) is 0 Å². The van der Waals surface area contributed by atoms with Gasteiger partial charge in [0.05, 0.1) is 5.38 Å². The van der Waals surface area contributed by atoms with Gasteiger partial charge in [-0.2, -0.15) is 0 Å². The van der Waals surface area contributed by atoms with Gasteiger partial charge in [0.15, 0.2) is 0 Å². The van der Waals surface area contributed by atoms with Crippen LogP contribution in [-0.4, -0.2) is 17.3 Å². The number of hydrogen-bond donors (Lipinski definition) is 0. The maximum atomic E-state index is 5.54. The lowest BCUT2D eigenvalue weighted by Gasteiger charge is -1.82. The third kappa shape index (κ3) is 0.884. The summed E-state index contributed by atoms with van der Waals surface area (Å²) in [4.78, 5) is 0. The predicted molar refractivity (Wildman–Crippen MR) is 30.6 cm³/mol. The lowest BCUT2D eigenvalue weighted by atomic mass is 10.5. The van der Waals surface area contributed by atoms with E-state index in [4.69, 9.17) is 11.6 Å². The molecule has 3 heteroatoms. The first-order valence-corrected chi connectivity index (χ1v) is 3.07. The molecule has 1 heterocycles. The molecule has 1 atom stereocenters. The van der Waals surface area contributed by atoms with Crippen molar-refractivity contribution in [2.75, 3.05) is 5.75 Å². The van der Waals surface area contributed by atoms with Crippen LogP contribution in [0.1, 0.15) is 0 Å². The van der Waals surface area contributed by atoms with E-state index in [0.717, 1.165) is 5.75 Å². The van der Waals surface area contributed by atoms with Crippen molar-refractivity contribution in [3.63, 3.8) is 0 Å². The molecule has 0 aromatic rings. The highest BCUT2D eigenvalue weighted by atomic mass is 35.5. The highest BCUT2D eigenvalue weighted by Gasteiger charge is 2.04. The SMILES string of the molecule is ClC1C=NSC1. The summed E-state index contributed by atoms with van der Waals surface area (Å²) in [6.07, 6.45) is 1.76. The van der Waals surface area contributed by atoms with Crippen LogP contribution in [0, 0.1) is 0 Å². The average molecular weight is 122 g/mol. The number of rotatable bonds is 0. The summed E-state index contributed by atoms with van der Waals surface area (Å²) >= 11 is 7.06. The molecule has 1 rings (SSSR count). The van der Waals surface area contributed by atoms with Crippen molar-refractivity contribution in [2.45, 2.75) is 5.38 Å². The molecule has 1 aliphatic rings. The van der Waals surface area contributed by atoms with Crippen LogP contribution in [0.5, 0.6) is 0 Å². The molecular formula is C3H4ClNS. The second-order valence-corrected chi connectivity index (χ2v) is 2.43. The molecule has 0 saturated heterocycles. The smallest absolute Gasteiger partial charge is 0.0802 e. The quantitative estimate of drug-likeness (QED) is 0.348. The molecule has 0 spiro atoms. The first-order chi connectivity index (χ1) is 2.89. The minimum Gasteiger partial charge on any atom is -0.227 e. The third-order valence-corrected chi connectivity index (χ3v) is 1.76. The van der Waals surface area contributed by atoms with E-state index in [-0.39, 0.29) is 5.38 Å². The molecule has 0 N–H and O–H groups in total. The standard InChI is InChI=1S/C3H4ClNS/c4-3-1-5-6-2-3/h1,3H,2H2. The number of nitrogens with zero attached hydrogens (tertiary/aromatic N) is 1. The Bertz CT molecular complexity index is 73.2. The van der Waals surface area contributed by atoms with Crippen LogP contribution in [0.25, 0.3) is 0 Å². The van der Waals surface area contributed by atoms with E-state index in [0.29, 0.717) is 0 Å². The first-order valence-electron chi connectivity index (χ1n) is 1.69. The van der Waals surface area contributed by atoms with Crippen LogP contribution in [0.15, 0.2) is 4.40 Å². The summed E-state index contributed by atoms with van der Waals surface area (Å²) in [5.74, 6) is 0.946. The van der Waals surface area contributed by atoms with Crippen molar-refractivity contribution in [3.05, 3.63) is 0 Å². The van der Waals surface area contributed by atoms with Crippen molar-refractivity contribution < 1.29 is 0 Å². The van der Waals surface area contributed by atoms with Crippen LogP contribution in [0.4, 0.5) is 0 Å². The molecule has 0 amide bonds. The first kappa shape index (κ1) is 4.47. The maximum Gasteiger partial charge on any atom is 0.0802 e. The molecule has 0 saturated carbocycles. The van der Waals surface area contributed by atoms with E-state index >= 15 is 0 Å². The zero-order chi connectivity index (χ0) is 4.41. The van der Waals surface area contributed by atoms with Crippen LogP contribution in [-0.2, 0) is 0 Å². The van der Waals surface area contributed by atoms with Crippen LogP contribution < -0.4 is 0 Å². The van der Waals surface area contributed by atoms with Gasteiger partial charge in [-0.3, -0.25) is 0 Å². The van der Waals surface area contributed by atoms with Gasteiger partial charge in [-0.25, -0.2) is 4.40 Å². The summed E-state index contributed by atoms with van der Waals surface area (Å²) < 4.78 is 3.82. The normalized spacial score (nSPS) is 31.8. The van der Waals surface area contributed by atoms with E-state index < -0.39 is 0 Å². The lowest BCUT2D eigenvalue weighted by molar-refractivity contribution is 1.39. The molecule has 34 valence electrons. The number of hydrogen-bond acceptors (Lipinski definition) is 2. The Balaban J connectivity index is 2.38. The molecule has 0 aromatic carbocycles. The van der Waals surface area contributed by atoms with Gasteiger partial charge in [0.25, 0.3) is 0 Å². The minimum atomic E-state index is 0.190. The maximum absolute atomic E-state index is 5.54. The fourth-order valence-electron chi connectivity index (χ4n) is 0.266. The summed E-state index contributed by atoms with van der Waals surface area (Å²) in [6.45, 7) is 0. The molecule has 6 heavy (non-hydrogen) atoms. The molecule has 1 aliphatic heterocycles. The van der Waals surface area contributed by atoms with Gasteiger partial charge in [0.1, 0.15) is 0 Å². The van der Waals surface area contributed by atoms with E-state index in [9.17, 15) is 0 Å². The molecule has 1 unspecified atom stereocenters. The topological polar surface area (TPSA) is 12.4 Å². The Kier molecular flexibility index (Phi) is 1.37. The van der Waals surface area contributed by atoms with Gasteiger partial charge in [-0.05, 0) is 11.9 Å². The van der Waals surface area contributed by atoms with Crippen molar-refractivity contribution >= 4 is 29.8 Å². The average Bonchev–Trinajstić information content (AvgIpc) is 1.86. The van der Waals surface area contributed by atoms with Gasteiger partial charge in [-0.1, -0.05) is 0 Å². The highest BCUT2D eigenvalue weighted by molar-refractivity contribution is 7.98. The minimum absolute atomic E-state index is 0.190. The van der Waals surface area contributed by atoms with Gasteiger partial charge < -0.3 is 0 Å². The lowest BCUT2D eigenvalue weighted by Crippen LogP contribution is -1.94. The zero-order valence-corrected chi connectivity index (χ0v) is 4.67. The second-order valence-electron chi connectivity index (χ2n) is 1.07. The summed E-state index contributed by atoms with van der Waals surface area (Å²) in [6, 6.07) is 0. The van der Waals surface area contributed by atoms with Crippen molar-refractivity contribution in [3.8, 4) is 0 Å². The van der Waals surface area contributed by atoms with E-state index in [1.807, 2.05) is 0 Å². The molecular weight excluding hydrogens is 118 g/mol. The van der Waals surface area contributed by atoms with Crippen molar-refractivity contribution in [2.24, 2.45) is 4.40 Å². The van der Waals surface area contributed by atoms with Gasteiger partial charge in [0.2, 0.25) is 0 Å². The molecule has 0 bridgehead atoms. The predicted octanol–water partition coefficient (Wildman–Crippen LogP) is 1.33. The Labute approximate surface area is 45.9 Å². The number of alkyl halides is 1. The molecule has 0 fully saturated rings. The van der Waals surface area contributed by atoms with Crippen LogP contribution >= 0.6 is 23.5 Å². The van der Waals surface area contributed by atoms with Gasteiger partial charge >= 0.3 is 0 Å². The van der Waals surface area contributed by atoms with E-state index in [2.05, 4.69) is 4.40 Å². The van der Waals surface area contributed by atoms with Crippen molar-refractivity contribution in [1.29, 1.82) is 0 Å². The Hall–Kier alpha value is 0.310. The molecule has 1 nitrogen and oxygen atoms in total. The summed E-state index contributed by atoms with van der Waals surface area (Å²) in [5, 5.41) is 0.190. The van der Waals surface area contributed by atoms with E-state index in [1.54, 1.807) is 6.21 Å². The Morgan fingerprint density at radius 1 is 2.00 bits per heavy atom. The van der Waals surface area contributed by atoms with Gasteiger partial charge in [0, 0.05) is 12.0 Å². The van der Waals surface area contributed by atoms with Crippen molar-refractivity contribution in [1.82, 2.24) is 0 Å². The Morgan fingerprint density at radius 3 is 3.00 bits per heavy atom. The highest BCUT2D eigenvalue weighted by Crippen LogP contribution is 2.13. The molecule has 0 aliphatic carbocycles. The fourth-order valence-corrected chi connectivity index (χ4v) is 1.11. The van der Waals surface area contributed by atoms with E-state index in [1.165, 1.54) is 11.9 Å². The monoisotopic (exact) mass is 121 g/mol. The Morgan fingerprint density at radius 2 is 2.83 bits per heavy atom. The summed E-state index contributed by atoms with van der Waals surface area (Å²) in [7, 11) is 0. The zero-order valence-electron chi connectivity index (χ0n) is 3.10. The largest absolute Gasteiger partial charge is 0.227 e. The fraction of sp³-hybridized carbons (Fsp3) is 0.667. The van der Waals surface area contributed by atoms with Crippen LogP contribution in [0.2, 0.25) is 0 Å². The molecule has 0 radical (unpaired) electrons. The summed E-state index contributed by atoms with van der Waals surface area (Å²) in [5.41, 5.74) is 0. The third-order valence-electron chi connectivity index (χ3n) is 0.531. The molecule has 0 aromatic heterocycles. The second kappa shape index (κ2) is 1.85. The number of halogens is 1.